The normalized spacial score (nSPS) is 10.3. The standard InChI is InChI=1S/C10H20N2O2.C8H16N2O2/c1-7(2)11-9(13)5-6-10(14)12-8(3)4;1-5(2)9-7(11)8(12)10-6(3)4/h7-8H,5-6H2,1-4H3,(H,11,13)(H,12,14);5-6H,1-4H3,(H,9,11)(H,10,12). The molecule has 0 spiro atoms. The Morgan fingerprint density at radius 1 is 0.500 bits per heavy atom. The molecule has 0 aliphatic rings. The maximum atomic E-state index is 11.2. The molecule has 0 heterocycles. The number of hydrogen-bond acceptors (Lipinski definition) is 4. The number of hydrogen-bond donors (Lipinski definition) is 4. The highest BCUT2D eigenvalue weighted by Crippen LogP contribution is 1.92. The molecule has 8 nitrogen and oxygen atoms in total. The summed E-state index contributed by atoms with van der Waals surface area (Å²) in [6.45, 7) is 14.8. The lowest BCUT2D eigenvalue weighted by Gasteiger charge is -2.10. The van der Waals surface area contributed by atoms with Crippen LogP contribution in [0.3, 0.4) is 0 Å². The highest BCUT2D eigenvalue weighted by molar-refractivity contribution is 6.35. The van der Waals surface area contributed by atoms with E-state index in [9.17, 15) is 19.2 Å². The predicted molar refractivity (Wildman–Crippen MR) is 102 cm³/mol. The van der Waals surface area contributed by atoms with Crippen molar-refractivity contribution >= 4 is 23.6 Å². The third-order valence-electron chi connectivity index (χ3n) is 2.52. The zero-order chi connectivity index (χ0) is 20.9. The van der Waals surface area contributed by atoms with Crippen LogP contribution in [-0.4, -0.2) is 47.8 Å². The summed E-state index contributed by atoms with van der Waals surface area (Å²) >= 11 is 0. The Morgan fingerprint density at radius 2 is 0.731 bits per heavy atom. The van der Waals surface area contributed by atoms with Crippen molar-refractivity contribution in [1.29, 1.82) is 0 Å². The summed E-state index contributed by atoms with van der Waals surface area (Å²) in [4.78, 5) is 44.2. The number of nitrogens with one attached hydrogen (secondary N) is 4. The molecule has 0 radical (unpaired) electrons. The summed E-state index contributed by atoms with van der Waals surface area (Å²) in [5.74, 6) is -1.28. The van der Waals surface area contributed by atoms with Gasteiger partial charge in [-0.25, -0.2) is 0 Å². The molecule has 0 aromatic rings. The van der Waals surface area contributed by atoms with E-state index in [1.165, 1.54) is 0 Å². The number of rotatable bonds is 7. The summed E-state index contributed by atoms with van der Waals surface area (Å²) in [5.41, 5.74) is 0. The molecule has 0 aliphatic heterocycles. The van der Waals surface area contributed by atoms with E-state index in [2.05, 4.69) is 21.3 Å². The average molecular weight is 373 g/mol. The van der Waals surface area contributed by atoms with Gasteiger partial charge in [-0.1, -0.05) is 0 Å². The van der Waals surface area contributed by atoms with Crippen LogP contribution in [0.15, 0.2) is 0 Å². The van der Waals surface area contributed by atoms with Crippen molar-refractivity contribution in [3.8, 4) is 0 Å². The van der Waals surface area contributed by atoms with Gasteiger partial charge in [-0.05, 0) is 55.4 Å². The molecule has 0 atom stereocenters. The zero-order valence-electron chi connectivity index (χ0n) is 17.4. The Bertz CT molecular complexity index is 418. The van der Waals surface area contributed by atoms with E-state index in [1.807, 2.05) is 27.7 Å². The quantitative estimate of drug-likeness (QED) is 0.496. The van der Waals surface area contributed by atoms with Gasteiger partial charge >= 0.3 is 11.8 Å². The number of amides is 4. The van der Waals surface area contributed by atoms with Gasteiger partial charge in [-0.3, -0.25) is 19.2 Å². The summed E-state index contributed by atoms with van der Waals surface area (Å²) < 4.78 is 0. The van der Waals surface area contributed by atoms with Crippen LogP contribution in [-0.2, 0) is 19.2 Å². The third kappa shape index (κ3) is 18.2. The number of carbonyl (C=O) groups excluding carboxylic acids is 4. The largest absolute Gasteiger partial charge is 0.354 e. The van der Waals surface area contributed by atoms with Gasteiger partial charge in [0.2, 0.25) is 11.8 Å². The first-order chi connectivity index (χ1) is 11.8. The third-order valence-corrected chi connectivity index (χ3v) is 2.52. The van der Waals surface area contributed by atoms with Crippen molar-refractivity contribution in [2.45, 2.75) is 92.4 Å². The molecule has 0 aromatic carbocycles. The van der Waals surface area contributed by atoms with Gasteiger partial charge in [0.1, 0.15) is 0 Å². The minimum atomic E-state index is -0.571. The Morgan fingerprint density at radius 3 is 0.923 bits per heavy atom. The van der Waals surface area contributed by atoms with E-state index >= 15 is 0 Å². The Balaban J connectivity index is 0. The average Bonchev–Trinajstić information content (AvgIpc) is 2.43. The van der Waals surface area contributed by atoms with Gasteiger partial charge in [0.15, 0.2) is 0 Å². The van der Waals surface area contributed by atoms with Crippen LogP contribution in [0.25, 0.3) is 0 Å². The topological polar surface area (TPSA) is 116 Å². The lowest BCUT2D eigenvalue weighted by atomic mass is 10.2. The first-order valence-corrected chi connectivity index (χ1v) is 9.05. The number of carbonyl (C=O) groups is 4. The van der Waals surface area contributed by atoms with Gasteiger partial charge in [-0.15, -0.1) is 0 Å². The van der Waals surface area contributed by atoms with Crippen molar-refractivity contribution in [2.24, 2.45) is 0 Å². The van der Waals surface area contributed by atoms with Gasteiger partial charge in [0.05, 0.1) is 0 Å². The van der Waals surface area contributed by atoms with Crippen LogP contribution in [0.1, 0.15) is 68.2 Å². The molecule has 0 aliphatic carbocycles. The molecule has 4 amide bonds. The summed E-state index contributed by atoms with van der Waals surface area (Å²) in [6.07, 6.45) is 0.521. The van der Waals surface area contributed by atoms with E-state index in [1.54, 1.807) is 27.7 Å². The van der Waals surface area contributed by atoms with Crippen LogP contribution >= 0.6 is 0 Å². The van der Waals surface area contributed by atoms with Gasteiger partial charge < -0.3 is 21.3 Å². The van der Waals surface area contributed by atoms with Crippen molar-refractivity contribution in [3.05, 3.63) is 0 Å². The second-order valence-corrected chi connectivity index (χ2v) is 7.20. The highest BCUT2D eigenvalue weighted by atomic mass is 16.2. The molecule has 0 unspecified atom stereocenters. The monoisotopic (exact) mass is 372 g/mol. The summed E-state index contributed by atoms with van der Waals surface area (Å²) in [5, 5.41) is 10.5. The predicted octanol–water partition coefficient (Wildman–Crippen LogP) is 0.851. The first kappa shape index (κ1) is 26.1. The van der Waals surface area contributed by atoms with E-state index in [4.69, 9.17) is 0 Å². The van der Waals surface area contributed by atoms with Crippen LogP contribution in [0.5, 0.6) is 0 Å². The van der Waals surface area contributed by atoms with Gasteiger partial charge in [0.25, 0.3) is 0 Å². The van der Waals surface area contributed by atoms with Crippen molar-refractivity contribution in [2.75, 3.05) is 0 Å². The fourth-order valence-electron chi connectivity index (χ4n) is 1.67. The lowest BCUT2D eigenvalue weighted by Crippen LogP contribution is -2.44. The molecular formula is C18H36N4O4. The van der Waals surface area contributed by atoms with E-state index in [0.717, 1.165) is 0 Å². The minimum absolute atomic E-state index is 0.00425. The van der Waals surface area contributed by atoms with Crippen molar-refractivity contribution < 1.29 is 19.2 Å². The molecule has 4 N–H and O–H groups in total. The van der Waals surface area contributed by atoms with Crippen LogP contribution in [0.2, 0.25) is 0 Å². The highest BCUT2D eigenvalue weighted by Gasteiger charge is 2.14. The van der Waals surface area contributed by atoms with Gasteiger partial charge in [0, 0.05) is 37.0 Å². The Hall–Kier alpha value is -2.12. The summed E-state index contributed by atoms with van der Waals surface area (Å²) in [7, 11) is 0. The molecule has 0 fully saturated rings. The zero-order valence-corrected chi connectivity index (χ0v) is 17.4. The van der Waals surface area contributed by atoms with E-state index in [0.29, 0.717) is 0 Å². The fraction of sp³-hybridized carbons (Fsp3) is 0.778. The first-order valence-electron chi connectivity index (χ1n) is 9.05. The molecule has 0 saturated heterocycles. The molecule has 8 heteroatoms. The summed E-state index contributed by atoms with van der Waals surface area (Å²) in [6, 6.07) is 0.261. The molecule has 0 bridgehead atoms. The fourth-order valence-corrected chi connectivity index (χ4v) is 1.67. The lowest BCUT2D eigenvalue weighted by molar-refractivity contribution is -0.139. The van der Waals surface area contributed by atoms with Crippen molar-refractivity contribution in [3.63, 3.8) is 0 Å². The second-order valence-electron chi connectivity index (χ2n) is 7.20. The van der Waals surface area contributed by atoms with Crippen LogP contribution < -0.4 is 21.3 Å². The van der Waals surface area contributed by atoms with E-state index < -0.39 is 11.8 Å². The molecule has 26 heavy (non-hydrogen) atoms. The molecule has 0 saturated carbocycles. The van der Waals surface area contributed by atoms with Crippen molar-refractivity contribution in [1.82, 2.24) is 21.3 Å². The van der Waals surface area contributed by atoms with Gasteiger partial charge in [-0.2, -0.15) is 0 Å². The molecule has 152 valence electrons. The van der Waals surface area contributed by atoms with E-state index in [-0.39, 0.29) is 48.8 Å². The van der Waals surface area contributed by atoms with Crippen LogP contribution in [0.4, 0.5) is 0 Å². The molecular weight excluding hydrogens is 336 g/mol. The second kappa shape index (κ2) is 14.1. The maximum Gasteiger partial charge on any atom is 0.309 e. The maximum absolute atomic E-state index is 11.2. The molecule has 0 aromatic heterocycles. The Kier molecular flexibility index (Phi) is 14.2. The molecule has 0 rings (SSSR count). The SMILES string of the molecule is CC(C)NC(=O)C(=O)NC(C)C.CC(C)NC(=O)CCC(=O)NC(C)C. The minimum Gasteiger partial charge on any atom is -0.354 e. The van der Waals surface area contributed by atoms with Crippen LogP contribution in [0, 0.1) is 0 Å². The Labute approximate surface area is 157 Å². The smallest absolute Gasteiger partial charge is 0.309 e.